The van der Waals surface area contributed by atoms with Gasteiger partial charge >= 0.3 is 0 Å². The number of benzene rings is 1. The van der Waals surface area contributed by atoms with Crippen LogP contribution in [0.1, 0.15) is 18.4 Å². The average Bonchev–Trinajstić information content (AvgIpc) is 2.75. The molecule has 142 valence electrons. The number of carbonyl (C=O) groups excluding carboxylic acids is 1. The number of aromatic nitrogens is 1. The third-order valence-corrected chi connectivity index (χ3v) is 5.94. The van der Waals surface area contributed by atoms with Crippen LogP contribution in [-0.2, 0) is 14.9 Å². The van der Waals surface area contributed by atoms with Crippen LogP contribution in [0.25, 0.3) is 0 Å². The molecule has 6 heteroatoms. The largest absolute Gasteiger partial charge is 0.381 e. The van der Waals surface area contributed by atoms with E-state index in [4.69, 9.17) is 16.3 Å². The molecule has 3 heterocycles. The minimum atomic E-state index is -0.504. The van der Waals surface area contributed by atoms with Gasteiger partial charge in [0.15, 0.2) is 0 Å². The van der Waals surface area contributed by atoms with Crippen LogP contribution >= 0.6 is 11.6 Å². The first-order chi connectivity index (χ1) is 13.2. The number of nitrogens with zero attached hydrogens (tertiary/aromatic N) is 3. The highest BCUT2D eigenvalue weighted by Crippen LogP contribution is 2.37. The zero-order chi connectivity index (χ0) is 18.7. The van der Waals surface area contributed by atoms with Gasteiger partial charge < -0.3 is 14.5 Å². The van der Waals surface area contributed by atoms with Gasteiger partial charge in [0.05, 0.1) is 5.41 Å². The molecule has 1 aromatic heterocycles. The van der Waals surface area contributed by atoms with Crippen molar-refractivity contribution in [1.82, 2.24) is 9.88 Å². The number of pyridine rings is 1. The number of amides is 1. The van der Waals surface area contributed by atoms with Gasteiger partial charge in [-0.2, -0.15) is 0 Å². The second kappa shape index (κ2) is 7.87. The molecule has 0 aliphatic carbocycles. The number of halogens is 1. The first-order valence-electron chi connectivity index (χ1n) is 9.48. The first-order valence-corrected chi connectivity index (χ1v) is 9.86. The van der Waals surface area contributed by atoms with E-state index in [1.54, 1.807) is 0 Å². The molecular formula is C21H24ClN3O2. The fourth-order valence-corrected chi connectivity index (χ4v) is 4.22. The second-order valence-electron chi connectivity index (χ2n) is 7.17. The first kappa shape index (κ1) is 18.3. The summed E-state index contributed by atoms with van der Waals surface area (Å²) in [5.41, 5.74) is 0.545. The molecular weight excluding hydrogens is 362 g/mol. The molecule has 0 unspecified atom stereocenters. The fourth-order valence-electron chi connectivity index (χ4n) is 4.10. The van der Waals surface area contributed by atoms with Crippen LogP contribution in [0.3, 0.4) is 0 Å². The van der Waals surface area contributed by atoms with E-state index in [1.807, 2.05) is 53.6 Å². The molecule has 2 aromatic rings. The third kappa shape index (κ3) is 3.66. The average molecular weight is 386 g/mol. The minimum absolute atomic E-state index is 0.216. The number of piperazine rings is 1. The monoisotopic (exact) mass is 385 g/mol. The van der Waals surface area contributed by atoms with E-state index in [0.717, 1.165) is 24.5 Å². The Kier molecular flexibility index (Phi) is 5.32. The van der Waals surface area contributed by atoms with Crippen LogP contribution in [-0.4, -0.2) is 55.2 Å². The summed E-state index contributed by atoms with van der Waals surface area (Å²) in [4.78, 5) is 22.3. The summed E-state index contributed by atoms with van der Waals surface area (Å²) in [6.07, 6.45) is 3.24. The quantitative estimate of drug-likeness (QED) is 0.814. The highest BCUT2D eigenvalue weighted by molar-refractivity contribution is 6.30. The van der Waals surface area contributed by atoms with Crippen molar-refractivity contribution in [3.8, 4) is 0 Å². The molecule has 4 rings (SSSR count). The number of anilines is 1. The van der Waals surface area contributed by atoms with Gasteiger partial charge in [0.1, 0.15) is 5.82 Å². The predicted octanol–water partition coefficient (Wildman–Crippen LogP) is 3.13. The molecule has 2 saturated heterocycles. The molecule has 1 aromatic carbocycles. The number of rotatable bonds is 3. The van der Waals surface area contributed by atoms with Gasteiger partial charge in [0, 0.05) is 50.6 Å². The van der Waals surface area contributed by atoms with E-state index < -0.39 is 5.41 Å². The van der Waals surface area contributed by atoms with Crippen molar-refractivity contribution < 1.29 is 9.53 Å². The van der Waals surface area contributed by atoms with Crippen molar-refractivity contribution in [3.05, 3.63) is 59.2 Å². The maximum Gasteiger partial charge on any atom is 0.233 e. The molecule has 0 radical (unpaired) electrons. The Morgan fingerprint density at radius 1 is 1.00 bits per heavy atom. The van der Waals surface area contributed by atoms with Gasteiger partial charge in [0.2, 0.25) is 5.91 Å². The topological polar surface area (TPSA) is 45.7 Å². The van der Waals surface area contributed by atoms with E-state index in [9.17, 15) is 4.79 Å². The molecule has 5 nitrogen and oxygen atoms in total. The molecule has 2 fully saturated rings. The maximum atomic E-state index is 13.6. The molecule has 0 saturated carbocycles. The van der Waals surface area contributed by atoms with E-state index in [1.165, 1.54) is 0 Å². The molecule has 2 aliphatic heterocycles. The Labute approximate surface area is 164 Å². The highest BCUT2D eigenvalue weighted by Gasteiger charge is 2.44. The number of hydrogen-bond acceptors (Lipinski definition) is 4. The zero-order valence-electron chi connectivity index (χ0n) is 15.3. The second-order valence-corrected chi connectivity index (χ2v) is 7.60. The van der Waals surface area contributed by atoms with Crippen LogP contribution in [0.5, 0.6) is 0 Å². The summed E-state index contributed by atoms with van der Waals surface area (Å²) in [6.45, 7) is 4.26. The number of carbonyl (C=O) groups is 1. The van der Waals surface area contributed by atoms with Crippen molar-refractivity contribution in [3.63, 3.8) is 0 Å². The van der Waals surface area contributed by atoms with Crippen LogP contribution < -0.4 is 4.90 Å². The van der Waals surface area contributed by atoms with Crippen LogP contribution in [0, 0.1) is 0 Å². The van der Waals surface area contributed by atoms with E-state index in [2.05, 4.69) is 9.88 Å². The van der Waals surface area contributed by atoms with Crippen molar-refractivity contribution in [2.24, 2.45) is 0 Å². The Morgan fingerprint density at radius 2 is 1.70 bits per heavy atom. The van der Waals surface area contributed by atoms with Gasteiger partial charge in [-0.05, 0) is 42.7 Å². The number of hydrogen-bond donors (Lipinski definition) is 0. The third-order valence-electron chi connectivity index (χ3n) is 5.69. The van der Waals surface area contributed by atoms with Crippen LogP contribution in [0.2, 0.25) is 5.02 Å². The maximum absolute atomic E-state index is 13.6. The van der Waals surface area contributed by atoms with Crippen LogP contribution in [0.15, 0.2) is 48.7 Å². The molecule has 27 heavy (non-hydrogen) atoms. The molecule has 0 atom stereocenters. The summed E-state index contributed by atoms with van der Waals surface area (Å²) < 4.78 is 5.57. The summed E-state index contributed by atoms with van der Waals surface area (Å²) in [5.74, 6) is 1.19. The lowest BCUT2D eigenvalue weighted by Crippen LogP contribution is -2.56. The number of ether oxygens (including phenoxy) is 1. The predicted molar refractivity (Wildman–Crippen MR) is 106 cm³/mol. The Hall–Kier alpha value is -2.11. The van der Waals surface area contributed by atoms with Gasteiger partial charge in [0.25, 0.3) is 0 Å². The van der Waals surface area contributed by atoms with Gasteiger partial charge in [-0.15, -0.1) is 0 Å². The standard InChI is InChI=1S/C21H24ClN3O2/c22-18-6-4-17(5-7-18)21(8-15-27-16-9-21)20(26)25-13-11-24(12-14-25)19-3-1-2-10-23-19/h1-7,10H,8-9,11-16H2. The van der Waals surface area contributed by atoms with Gasteiger partial charge in [-0.3, -0.25) is 4.79 Å². The molecule has 2 aliphatic rings. The Bertz CT molecular complexity index is 768. The van der Waals surface area contributed by atoms with E-state index in [-0.39, 0.29) is 5.91 Å². The Balaban J connectivity index is 1.52. The Morgan fingerprint density at radius 3 is 2.33 bits per heavy atom. The smallest absolute Gasteiger partial charge is 0.233 e. The van der Waals surface area contributed by atoms with Crippen LogP contribution in [0.4, 0.5) is 5.82 Å². The lowest BCUT2D eigenvalue weighted by atomic mass is 9.73. The van der Waals surface area contributed by atoms with Gasteiger partial charge in [-0.25, -0.2) is 4.98 Å². The van der Waals surface area contributed by atoms with Crippen molar-refractivity contribution in [1.29, 1.82) is 0 Å². The van der Waals surface area contributed by atoms with Crippen molar-refractivity contribution in [2.45, 2.75) is 18.3 Å². The summed E-state index contributed by atoms with van der Waals surface area (Å²) in [6, 6.07) is 13.7. The lowest BCUT2D eigenvalue weighted by molar-refractivity contribution is -0.141. The molecule has 0 bridgehead atoms. The fraction of sp³-hybridized carbons (Fsp3) is 0.429. The summed E-state index contributed by atoms with van der Waals surface area (Å²) in [7, 11) is 0. The van der Waals surface area contributed by atoms with Crippen molar-refractivity contribution in [2.75, 3.05) is 44.3 Å². The highest BCUT2D eigenvalue weighted by atomic mass is 35.5. The normalized spacial score (nSPS) is 19.7. The molecule has 0 N–H and O–H groups in total. The summed E-state index contributed by atoms with van der Waals surface area (Å²) in [5, 5.41) is 0.692. The van der Waals surface area contributed by atoms with Gasteiger partial charge in [-0.1, -0.05) is 29.8 Å². The lowest BCUT2D eigenvalue weighted by Gasteiger charge is -2.43. The zero-order valence-corrected chi connectivity index (χ0v) is 16.1. The SMILES string of the molecule is O=C(N1CCN(c2ccccn2)CC1)C1(c2ccc(Cl)cc2)CCOCC1. The molecule has 0 spiro atoms. The minimum Gasteiger partial charge on any atom is -0.381 e. The summed E-state index contributed by atoms with van der Waals surface area (Å²) >= 11 is 6.07. The van der Waals surface area contributed by atoms with E-state index in [0.29, 0.717) is 44.2 Å². The molecule has 1 amide bonds. The van der Waals surface area contributed by atoms with Crippen molar-refractivity contribution >= 4 is 23.3 Å². The van der Waals surface area contributed by atoms with E-state index >= 15 is 0 Å².